The first kappa shape index (κ1) is 17.3. The van der Waals surface area contributed by atoms with Gasteiger partial charge in [-0.05, 0) is 37.4 Å². The first-order valence-electron chi connectivity index (χ1n) is 7.68. The SMILES string of the molecule is CCN(CC(C)C)c1cccc(Cl)c1CNCC(C)C. The second kappa shape index (κ2) is 8.53. The standard InChI is InChI=1S/C17H29ClN2/c1-6-20(12-14(4)5)17-9-7-8-16(18)15(17)11-19-10-13(2)3/h7-9,13-14,19H,6,10-12H2,1-5H3. The van der Waals surface area contributed by atoms with Crippen LogP contribution in [0.15, 0.2) is 18.2 Å². The Morgan fingerprint density at radius 2 is 1.85 bits per heavy atom. The van der Waals surface area contributed by atoms with Gasteiger partial charge >= 0.3 is 0 Å². The van der Waals surface area contributed by atoms with Gasteiger partial charge in [0.2, 0.25) is 0 Å². The molecule has 0 amide bonds. The van der Waals surface area contributed by atoms with Crippen molar-refractivity contribution in [2.75, 3.05) is 24.5 Å². The summed E-state index contributed by atoms with van der Waals surface area (Å²) in [7, 11) is 0. The molecule has 3 heteroatoms. The Morgan fingerprint density at radius 3 is 2.40 bits per heavy atom. The van der Waals surface area contributed by atoms with E-state index in [9.17, 15) is 0 Å². The molecule has 0 radical (unpaired) electrons. The van der Waals surface area contributed by atoms with Crippen LogP contribution in [0.4, 0.5) is 5.69 Å². The van der Waals surface area contributed by atoms with Crippen LogP contribution in [0.2, 0.25) is 5.02 Å². The lowest BCUT2D eigenvalue weighted by Gasteiger charge is -2.28. The van der Waals surface area contributed by atoms with E-state index in [2.05, 4.69) is 50.9 Å². The minimum absolute atomic E-state index is 0.644. The maximum atomic E-state index is 6.42. The molecule has 0 fully saturated rings. The van der Waals surface area contributed by atoms with Gasteiger partial charge in [-0.25, -0.2) is 0 Å². The molecule has 1 rings (SSSR count). The molecule has 114 valence electrons. The number of hydrogen-bond acceptors (Lipinski definition) is 2. The minimum atomic E-state index is 0.644. The van der Waals surface area contributed by atoms with E-state index in [1.165, 1.54) is 11.3 Å². The van der Waals surface area contributed by atoms with Gasteiger partial charge in [0, 0.05) is 35.9 Å². The van der Waals surface area contributed by atoms with E-state index in [4.69, 9.17) is 11.6 Å². The number of rotatable bonds is 8. The zero-order valence-electron chi connectivity index (χ0n) is 13.5. The van der Waals surface area contributed by atoms with Crippen LogP contribution in [0.5, 0.6) is 0 Å². The van der Waals surface area contributed by atoms with Gasteiger partial charge < -0.3 is 10.2 Å². The lowest BCUT2D eigenvalue weighted by molar-refractivity contribution is 0.551. The molecule has 1 aromatic carbocycles. The summed E-state index contributed by atoms with van der Waals surface area (Å²) in [4.78, 5) is 2.42. The number of halogens is 1. The Hall–Kier alpha value is -0.730. The highest BCUT2D eigenvalue weighted by Crippen LogP contribution is 2.28. The second-order valence-electron chi connectivity index (χ2n) is 6.19. The third kappa shape index (κ3) is 5.34. The van der Waals surface area contributed by atoms with Gasteiger partial charge in [0.1, 0.15) is 0 Å². The van der Waals surface area contributed by atoms with Crippen molar-refractivity contribution in [2.24, 2.45) is 11.8 Å². The Kier molecular flexibility index (Phi) is 7.39. The van der Waals surface area contributed by atoms with Crippen molar-refractivity contribution in [1.29, 1.82) is 0 Å². The van der Waals surface area contributed by atoms with Crippen molar-refractivity contribution in [1.82, 2.24) is 5.32 Å². The molecule has 0 saturated carbocycles. The van der Waals surface area contributed by atoms with Crippen LogP contribution >= 0.6 is 11.6 Å². The molecule has 0 heterocycles. The fourth-order valence-electron chi connectivity index (χ4n) is 2.34. The van der Waals surface area contributed by atoms with E-state index in [1.54, 1.807) is 0 Å². The Morgan fingerprint density at radius 1 is 1.15 bits per heavy atom. The number of anilines is 1. The van der Waals surface area contributed by atoms with Gasteiger partial charge in [-0.3, -0.25) is 0 Å². The Bertz CT molecular complexity index is 402. The third-order valence-corrected chi connectivity index (χ3v) is 3.61. The van der Waals surface area contributed by atoms with E-state index in [1.807, 2.05) is 12.1 Å². The van der Waals surface area contributed by atoms with Crippen molar-refractivity contribution in [3.63, 3.8) is 0 Å². The first-order valence-corrected chi connectivity index (χ1v) is 8.06. The molecule has 0 spiro atoms. The largest absolute Gasteiger partial charge is 0.371 e. The van der Waals surface area contributed by atoms with Crippen LogP contribution in [0.3, 0.4) is 0 Å². The van der Waals surface area contributed by atoms with Gasteiger partial charge in [-0.2, -0.15) is 0 Å². The van der Waals surface area contributed by atoms with Crippen molar-refractivity contribution >= 4 is 17.3 Å². The lowest BCUT2D eigenvalue weighted by Crippen LogP contribution is -2.29. The highest BCUT2D eigenvalue weighted by Gasteiger charge is 2.13. The van der Waals surface area contributed by atoms with Crippen LogP contribution in [0.1, 0.15) is 40.2 Å². The summed E-state index contributed by atoms with van der Waals surface area (Å²) in [6, 6.07) is 6.22. The molecule has 0 saturated heterocycles. The average Bonchev–Trinajstić information content (AvgIpc) is 2.37. The van der Waals surface area contributed by atoms with Gasteiger partial charge in [-0.15, -0.1) is 0 Å². The molecule has 1 aromatic rings. The maximum Gasteiger partial charge on any atom is 0.0471 e. The summed E-state index contributed by atoms with van der Waals surface area (Å²) >= 11 is 6.42. The molecule has 0 aliphatic carbocycles. The summed E-state index contributed by atoms with van der Waals surface area (Å²) in [5, 5.41) is 4.37. The third-order valence-electron chi connectivity index (χ3n) is 3.26. The second-order valence-corrected chi connectivity index (χ2v) is 6.60. The van der Waals surface area contributed by atoms with Crippen LogP contribution in [-0.2, 0) is 6.54 Å². The number of hydrogen-bond donors (Lipinski definition) is 1. The van der Waals surface area contributed by atoms with Crippen LogP contribution in [0, 0.1) is 11.8 Å². The summed E-state index contributed by atoms with van der Waals surface area (Å²) in [6.45, 7) is 15.1. The van der Waals surface area contributed by atoms with Crippen LogP contribution in [-0.4, -0.2) is 19.6 Å². The summed E-state index contributed by atoms with van der Waals surface area (Å²) in [5.41, 5.74) is 2.49. The highest BCUT2D eigenvalue weighted by molar-refractivity contribution is 6.31. The lowest BCUT2D eigenvalue weighted by atomic mass is 10.1. The smallest absolute Gasteiger partial charge is 0.0471 e. The van der Waals surface area contributed by atoms with Crippen LogP contribution in [0.25, 0.3) is 0 Å². The van der Waals surface area contributed by atoms with Gasteiger partial charge in [0.25, 0.3) is 0 Å². The monoisotopic (exact) mass is 296 g/mol. The van der Waals surface area contributed by atoms with Crippen molar-refractivity contribution in [2.45, 2.75) is 41.2 Å². The molecule has 0 unspecified atom stereocenters. The normalized spacial score (nSPS) is 11.4. The summed E-state index contributed by atoms with van der Waals surface area (Å²) in [6.07, 6.45) is 0. The van der Waals surface area contributed by atoms with Crippen molar-refractivity contribution in [3.05, 3.63) is 28.8 Å². The number of nitrogens with one attached hydrogen (secondary N) is 1. The van der Waals surface area contributed by atoms with Crippen molar-refractivity contribution in [3.8, 4) is 0 Å². The van der Waals surface area contributed by atoms with E-state index < -0.39 is 0 Å². The average molecular weight is 297 g/mol. The van der Waals surface area contributed by atoms with Crippen molar-refractivity contribution < 1.29 is 0 Å². The molecule has 0 aliphatic rings. The molecule has 2 nitrogen and oxygen atoms in total. The summed E-state index contributed by atoms with van der Waals surface area (Å²) in [5.74, 6) is 1.30. The molecule has 1 N–H and O–H groups in total. The maximum absolute atomic E-state index is 6.42. The molecule has 20 heavy (non-hydrogen) atoms. The zero-order chi connectivity index (χ0) is 15.1. The molecule has 0 bridgehead atoms. The number of nitrogens with zero attached hydrogens (tertiary/aromatic N) is 1. The van der Waals surface area contributed by atoms with Crippen LogP contribution < -0.4 is 10.2 Å². The van der Waals surface area contributed by atoms with Gasteiger partial charge in [-0.1, -0.05) is 45.4 Å². The predicted molar refractivity (Wildman–Crippen MR) is 90.7 cm³/mol. The van der Waals surface area contributed by atoms with Gasteiger partial charge in [0.15, 0.2) is 0 Å². The minimum Gasteiger partial charge on any atom is -0.371 e. The quantitative estimate of drug-likeness (QED) is 0.756. The Labute approximate surface area is 129 Å². The van der Waals surface area contributed by atoms with E-state index in [0.717, 1.165) is 31.2 Å². The topological polar surface area (TPSA) is 15.3 Å². The van der Waals surface area contributed by atoms with E-state index in [0.29, 0.717) is 11.8 Å². The molecular weight excluding hydrogens is 268 g/mol. The first-order chi connectivity index (χ1) is 9.45. The summed E-state index contributed by atoms with van der Waals surface area (Å²) < 4.78 is 0. The van der Waals surface area contributed by atoms with Gasteiger partial charge in [0.05, 0.1) is 0 Å². The number of benzene rings is 1. The fraction of sp³-hybridized carbons (Fsp3) is 0.647. The molecule has 0 atom stereocenters. The molecule has 0 aromatic heterocycles. The fourth-order valence-corrected chi connectivity index (χ4v) is 2.58. The molecule has 0 aliphatic heterocycles. The molecular formula is C17H29ClN2. The van der Waals surface area contributed by atoms with E-state index >= 15 is 0 Å². The predicted octanol–water partition coefficient (Wildman–Crippen LogP) is 4.57. The van der Waals surface area contributed by atoms with E-state index in [-0.39, 0.29) is 0 Å². The highest BCUT2D eigenvalue weighted by atomic mass is 35.5. The zero-order valence-corrected chi connectivity index (χ0v) is 14.3. The Balaban J connectivity index is 2.90.